The van der Waals surface area contributed by atoms with Crippen LogP contribution in [0.4, 0.5) is 8.78 Å². The average molecular weight is 401 g/mol. The topological polar surface area (TPSA) is 73.2 Å². The van der Waals surface area contributed by atoms with Crippen molar-refractivity contribution in [3.8, 4) is 5.75 Å². The molecule has 1 atom stereocenters. The van der Waals surface area contributed by atoms with Gasteiger partial charge < -0.3 is 10.1 Å². The van der Waals surface area contributed by atoms with Crippen LogP contribution in [0.1, 0.15) is 31.4 Å². The fraction of sp³-hybridized carbons (Fsp3) is 0.286. The number of hydrogen-bond acceptors (Lipinski definition) is 4. The van der Waals surface area contributed by atoms with Crippen molar-refractivity contribution in [1.82, 2.24) is 14.9 Å². The number of fused-ring (bicyclic) bond motifs is 1. The van der Waals surface area contributed by atoms with Gasteiger partial charge in [-0.1, -0.05) is 37.3 Å². The number of ether oxygens (including phenoxy) is 1. The fourth-order valence-electron chi connectivity index (χ4n) is 3.13. The molecule has 2 aromatic carbocycles. The van der Waals surface area contributed by atoms with E-state index in [2.05, 4.69) is 15.0 Å². The molecule has 0 spiro atoms. The standard InChI is InChI=1S/C21H21F2N3O3/c1-2-16(14-7-4-6-10-18(14)29-21(22)23)25-19(27)11-12-26-13-24-17-9-5-3-8-15(17)20(26)28/h3-10,13,16,21H,2,11-12H2,1H3,(H,25,27). The molecule has 6 nitrogen and oxygen atoms in total. The van der Waals surface area contributed by atoms with Gasteiger partial charge in [0.25, 0.3) is 5.56 Å². The molecule has 1 heterocycles. The zero-order chi connectivity index (χ0) is 20.8. The second kappa shape index (κ2) is 9.27. The summed E-state index contributed by atoms with van der Waals surface area (Å²) < 4.78 is 31.2. The first kappa shape index (κ1) is 20.4. The number of halogens is 2. The molecule has 0 bridgehead atoms. The molecule has 0 fully saturated rings. The van der Waals surface area contributed by atoms with Gasteiger partial charge in [0.2, 0.25) is 5.91 Å². The Morgan fingerprint density at radius 1 is 1.17 bits per heavy atom. The van der Waals surface area contributed by atoms with E-state index in [-0.39, 0.29) is 30.2 Å². The maximum atomic E-state index is 12.6. The number of hydrogen-bond donors (Lipinski definition) is 1. The number of nitrogens with one attached hydrogen (secondary N) is 1. The Kier molecular flexibility index (Phi) is 6.54. The van der Waals surface area contributed by atoms with Crippen LogP contribution >= 0.6 is 0 Å². The van der Waals surface area contributed by atoms with Crippen molar-refractivity contribution in [2.45, 2.75) is 39.0 Å². The Morgan fingerprint density at radius 2 is 1.90 bits per heavy atom. The molecule has 1 unspecified atom stereocenters. The molecule has 8 heteroatoms. The van der Waals surface area contributed by atoms with Gasteiger partial charge in [0.1, 0.15) is 5.75 Å². The van der Waals surface area contributed by atoms with E-state index in [4.69, 9.17) is 0 Å². The van der Waals surface area contributed by atoms with Gasteiger partial charge in [0, 0.05) is 18.5 Å². The molecular formula is C21H21F2N3O3. The lowest BCUT2D eigenvalue weighted by atomic mass is 10.0. The maximum absolute atomic E-state index is 12.6. The minimum atomic E-state index is -2.95. The van der Waals surface area contributed by atoms with Crippen LogP contribution in [0.15, 0.2) is 59.7 Å². The Labute approximate surface area is 166 Å². The van der Waals surface area contributed by atoms with Crippen LogP contribution in [0.5, 0.6) is 5.75 Å². The summed E-state index contributed by atoms with van der Waals surface area (Å²) in [6.45, 7) is -0.952. The highest BCUT2D eigenvalue weighted by Crippen LogP contribution is 2.28. The van der Waals surface area contributed by atoms with Gasteiger partial charge in [-0.3, -0.25) is 14.2 Å². The number of alkyl halides is 2. The minimum absolute atomic E-state index is 0.0320. The van der Waals surface area contributed by atoms with Crippen molar-refractivity contribution in [3.63, 3.8) is 0 Å². The molecule has 29 heavy (non-hydrogen) atoms. The molecule has 0 saturated heterocycles. The van der Waals surface area contributed by atoms with E-state index >= 15 is 0 Å². The number of carbonyl (C=O) groups excluding carboxylic acids is 1. The number of rotatable bonds is 8. The summed E-state index contributed by atoms with van der Waals surface area (Å²) in [7, 11) is 0. The number of aromatic nitrogens is 2. The highest BCUT2D eigenvalue weighted by Gasteiger charge is 2.19. The van der Waals surface area contributed by atoms with E-state index in [9.17, 15) is 18.4 Å². The normalized spacial score (nSPS) is 12.1. The second-order valence-electron chi connectivity index (χ2n) is 6.45. The SMILES string of the molecule is CCC(NC(=O)CCn1cnc2ccccc2c1=O)c1ccccc1OC(F)F. The van der Waals surface area contributed by atoms with Gasteiger partial charge >= 0.3 is 6.61 Å². The zero-order valence-corrected chi connectivity index (χ0v) is 15.8. The van der Waals surface area contributed by atoms with E-state index in [1.165, 1.54) is 17.0 Å². The van der Waals surface area contributed by atoms with E-state index in [0.717, 1.165) is 0 Å². The van der Waals surface area contributed by atoms with Crippen LogP contribution in [0.25, 0.3) is 10.9 Å². The third kappa shape index (κ3) is 4.96. The van der Waals surface area contributed by atoms with E-state index in [0.29, 0.717) is 22.9 Å². The summed E-state index contributed by atoms with van der Waals surface area (Å²) in [6, 6.07) is 12.9. The largest absolute Gasteiger partial charge is 0.434 e. The minimum Gasteiger partial charge on any atom is -0.434 e. The van der Waals surface area contributed by atoms with Gasteiger partial charge in [-0.25, -0.2) is 4.98 Å². The molecule has 1 amide bonds. The summed E-state index contributed by atoms with van der Waals surface area (Å²) in [5.74, 6) is -0.270. The van der Waals surface area contributed by atoms with Crippen LogP contribution in [-0.2, 0) is 11.3 Å². The van der Waals surface area contributed by atoms with Crippen molar-refractivity contribution in [1.29, 1.82) is 0 Å². The van der Waals surface area contributed by atoms with Crippen LogP contribution in [0, 0.1) is 0 Å². The highest BCUT2D eigenvalue weighted by molar-refractivity contribution is 5.77. The lowest BCUT2D eigenvalue weighted by molar-refractivity contribution is -0.122. The van der Waals surface area contributed by atoms with Crippen LogP contribution in [0.3, 0.4) is 0 Å². The quantitative estimate of drug-likeness (QED) is 0.625. The number of nitrogens with zero attached hydrogens (tertiary/aromatic N) is 2. The molecular weight excluding hydrogens is 380 g/mol. The summed E-state index contributed by atoms with van der Waals surface area (Å²) in [6.07, 6.45) is 1.96. The molecule has 152 valence electrons. The van der Waals surface area contributed by atoms with Crippen molar-refractivity contribution in [2.24, 2.45) is 0 Å². The van der Waals surface area contributed by atoms with Crippen molar-refractivity contribution in [2.75, 3.05) is 0 Å². The number of para-hydroxylation sites is 2. The molecule has 1 aromatic heterocycles. The van der Waals surface area contributed by atoms with E-state index in [1.54, 1.807) is 42.5 Å². The molecule has 0 aliphatic rings. The second-order valence-corrected chi connectivity index (χ2v) is 6.45. The molecule has 0 saturated carbocycles. The van der Waals surface area contributed by atoms with Gasteiger partial charge in [0.15, 0.2) is 0 Å². The lowest BCUT2D eigenvalue weighted by Crippen LogP contribution is -2.31. The third-order valence-electron chi connectivity index (χ3n) is 4.57. The highest BCUT2D eigenvalue weighted by atomic mass is 19.3. The predicted octanol–water partition coefficient (Wildman–Crippen LogP) is 3.66. The molecule has 0 aliphatic carbocycles. The number of amides is 1. The summed E-state index contributed by atoms with van der Waals surface area (Å²) >= 11 is 0. The van der Waals surface area contributed by atoms with Crippen molar-refractivity contribution < 1.29 is 18.3 Å². The summed E-state index contributed by atoms with van der Waals surface area (Å²) in [4.78, 5) is 29.2. The summed E-state index contributed by atoms with van der Waals surface area (Å²) in [5, 5.41) is 3.31. The Hall–Kier alpha value is -3.29. The van der Waals surface area contributed by atoms with Crippen LogP contribution < -0.4 is 15.6 Å². The van der Waals surface area contributed by atoms with Gasteiger partial charge in [-0.2, -0.15) is 8.78 Å². The monoisotopic (exact) mass is 401 g/mol. The molecule has 3 rings (SSSR count). The van der Waals surface area contributed by atoms with Crippen molar-refractivity contribution >= 4 is 16.8 Å². The maximum Gasteiger partial charge on any atom is 0.387 e. The van der Waals surface area contributed by atoms with Gasteiger partial charge in [0.05, 0.1) is 23.3 Å². The smallest absolute Gasteiger partial charge is 0.387 e. The number of aryl methyl sites for hydroxylation is 1. The third-order valence-corrected chi connectivity index (χ3v) is 4.57. The van der Waals surface area contributed by atoms with Crippen LogP contribution in [0.2, 0.25) is 0 Å². The molecule has 3 aromatic rings. The Balaban J connectivity index is 1.69. The van der Waals surface area contributed by atoms with E-state index < -0.39 is 12.7 Å². The average Bonchev–Trinajstić information content (AvgIpc) is 2.72. The number of carbonyl (C=O) groups is 1. The van der Waals surface area contributed by atoms with Crippen molar-refractivity contribution in [3.05, 3.63) is 70.8 Å². The predicted molar refractivity (Wildman–Crippen MR) is 105 cm³/mol. The lowest BCUT2D eigenvalue weighted by Gasteiger charge is -2.20. The summed E-state index contributed by atoms with van der Waals surface area (Å²) in [5.41, 5.74) is 0.860. The molecule has 0 aliphatic heterocycles. The Morgan fingerprint density at radius 3 is 2.66 bits per heavy atom. The first-order valence-electron chi connectivity index (χ1n) is 9.27. The Bertz CT molecular complexity index is 1050. The van der Waals surface area contributed by atoms with Crippen LogP contribution in [-0.4, -0.2) is 22.1 Å². The first-order valence-corrected chi connectivity index (χ1v) is 9.27. The molecule has 0 radical (unpaired) electrons. The first-order chi connectivity index (χ1) is 14.0. The fourth-order valence-corrected chi connectivity index (χ4v) is 3.13. The van der Waals surface area contributed by atoms with E-state index in [1.807, 2.05) is 6.92 Å². The number of benzene rings is 2. The van der Waals surface area contributed by atoms with Gasteiger partial charge in [-0.05, 0) is 24.6 Å². The zero-order valence-electron chi connectivity index (χ0n) is 15.8. The molecule has 1 N–H and O–H groups in total. The van der Waals surface area contributed by atoms with Gasteiger partial charge in [-0.15, -0.1) is 0 Å².